The Labute approximate surface area is 120 Å². The summed E-state index contributed by atoms with van der Waals surface area (Å²) in [6, 6.07) is 8.00. The van der Waals surface area contributed by atoms with Crippen molar-refractivity contribution in [2.45, 2.75) is 30.7 Å². The molecule has 5 heteroatoms. The molecular formula is C13H18BrNO2S. The molecule has 0 saturated carbocycles. The predicted octanol–water partition coefficient (Wildman–Crippen LogP) is 2.82. The smallest absolute Gasteiger partial charge is 0.221 e. The number of benzene rings is 1. The second-order valence-corrected chi connectivity index (χ2v) is 6.73. The Morgan fingerprint density at radius 2 is 2.00 bits per heavy atom. The lowest BCUT2D eigenvalue weighted by Crippen LogP contribution is -2.46. The monoisotopic (exact) mass is 331 g/mol. The molecule has 0 heterocycles. The number of aliphatic hydroxyl groups excluding tert-OH is 1. The van der Waals surface area contributed by atoms with Crippen molar-refractivity contribution in [1.82, 2.24) is 5.32 Å². The summed E-state index contributed by atoms with van der Waals surface area (Å²) in [5.74, 6) is 0.702. The van der Waals surface area contributed by atoms with Crippen molar-refractivity contribution in [1.29, 1.82) is 0 Å². The van der Waals surface area contributed by atoms with Crippen molar-refractivity contribution in [3.63, 3.8) is 0 Å². The molecule has 2 N–H and O–H groups in total. The lowest BCUT2D eigenvalue weighted by atomic mass is 10.1. The lowest BCUT2D eigenvalue weighted by molar-refractivity contribution is -0.122. The van der Waals surface area contributed by atoms with Crippen LogP contribution >= 0.6 is 27.7 Å². The van der Waals surface area contributed by atoms with Gasteiger partial charge >= 0.3 is 0 Å². The zero-order chi connectivity index (χ0) is 13.6. The number of aliphatic hydroxyl groups is 1. The molecule has 0 aliphatic rings. The molecule has 1 rings (SSSR count). The van der Waals surface area contributed by atoms with Crippen molar-refractivity contribution < 1.29 is 9.90 Å². The van der Waals surface area contributed by atoms with E-state index in [0.717, 1.165) is 15.1 Å². The maximum atomic E-state index is 11.6. The SMILES string of the molecule is CC(C)(CO)NC(=O)CCSc1ccc(Br)cc1. The van der Waals surface area contributed by atoms with Crippen LogP contribution in [0.2, 0.25) is 0 Å². The normalized spacial score (nSPS) is 11.3. The van der Waals surface area contributed by atoms with Crippen LogP contribution in [0.4, 0.5) is 0 Å². The summed E-state index contributed by atoms with van der Waals surface area (Å²) in [6.45, 7) is 3.54. The van der Waals surface area contributed by atoms with Crippen LogP contribution in [0.25, 0.3) is 0 Å². The van der Waals surface area contributed by atoms with Crippen LogP contribution in [0.15, 0.2) is 33.6 Å². The Morgan fingerprint density at radius 3 is 2.56 bits per heavy atom. The van der Waals surface area contributed by atoms with Crippen LogP contribution in [0.5, 0.6) is 0 Å². The third kappa shape index (κ3) is 5.89. The number of carbonyl (C=O) groups excluding carboxylic acids is 1. The largest absolute Gasteiger partial charge is 0.394 e. The van der Waals surface area contributed by atoms with Crippen molar-refractivity contribution in [3.8, 4) is 0 Å². The first-order valence-electron chi connectivity index (χ1n) is 5.73. The van der Waals surface area contributed by atoms with Crippen LogP contribution in [0, 0.1) is 0 Å². The topological polar surface area (TPSA) is 49.3 Å². The average Bonchev–Trinajstić information content (AvgIpc) is 2.31. The fourth-order valence-corrected chi connectivity index (χ4v) is 2.39. The van der Waals surface area contributed by atoms with Crippen LogP contribution in [0.3, 0.4) is 0 Å². The fraction of sp³-hybridized carbons (Fsp3) is 0.462. The van der Waals surface area contributed by atoms with Crippen LogP contribution in [-0.2, 0) is 4.79 Å². The highest BCUT2D eigenvalue weighted by Crippen LogP contribution is 2.21. The molecule has 0 saturated heterocycles. The fourth-order valence-electron chi connectivity index (χ4n) is 1.27. The molecular weight excluding hydrogens is 314 g/mol. The van der Waals surface area contributed by atoms with Gasteiger partial charge < -0.3 is 10.4 Å². The van der Waals surface area contributed by atoms with Gasteiger partial charge in [-0.3, -0.25) is 4.79 Å². The minimum atomic E-state index is -0.542. The molecule has 0 fully saturated rings. The molecule has 100 valence electrons. The summed E-state index contributed by atoms with van der Waals surface area (Å²) in [5, 5.41) is 11.8. The highest BCUT2D eigenvalue weighted by atomic mass is 79.9. The van der Waals surface area contributed by atoms with Crippen LogP contribution in [0.1, 0.15) is 20.3 Å². The molecule has 0 radical (unpaired) electrons. The van der Waals surface area contributed by atoms with Gasteiger partial charge in [0.05, 0.1) is 12.1 Å². The van der Waals surface area contributed by atoms with Gasteiger partial charge in [0, 0.05) is 21.5 Å². The van der Waals surface area contributed by atoms with Gasteiger partial charge in [0.1, 0.15) is 0 Å². The van der Waals surface area contributed by atoms with Crippen molar-refractivity contribution >= 4 is 33.6 Å². The van der Waals surface area contributed by atoms with Gasteiger partial charge in [0.15, 0.2) is 0 Å². The van der Waals surface area contributed by atoms with E-state index in [1.165, 1.54) is 0 Å². The van der Waals surface area contributed by atoms with E-state index in [1.807, 2.05) is 24.3 Å². The second-order valence-electron chi connectivity index (χ2n) is 4.64. The molecule has 1 aromatic rings. The minimum absolute atomic E-state index is 0.0290. The summed E-state index contributed by atoms with van der Waals surface area (Å²) in [7, 11) is 0. The molecule has 3 nitrogen and oxygen atoms in total. The molecule has 18 heavy (non-hydrogen) atoms. The van der Waals surface area contributed by atoms with E-state index in [0.29, 0.717) is 6.42 Å². The number of hydrogen-bond donors (Lipinski definition) is 2. The zero-order valence-electron chi connectivity index (χ0n) is 10.6. The molecule has 0 atom stereocenters. The number of thioether (sulfide) groups is 1. The van der Waals surface area contributed by atoms with Crippen molar-refractivity contribution in [2.24, 2.45) is 0 Å². The van der Waals surface area contributed by atoms with E-state index >= 15 is 0 Å². The summed E-state index contributed by atoms with van der Waals surface area (Å²) in [5.41, 5.74) is -0.542. The van der Waals surface area contributed by atoms with E-state index in [1.54, 1.807) is 25.6 Å². The Kier molecular flexibility index (Phi) is 6.18. The Hall–Kier alpha value is -0.520. The summed E-state index contributed by atoms with van der Waals surface area (Å²) < 4.78 is 1.05. The molecule has 0 spiro atoms. The van der Waals surface area contributed by atoms with Gasteiger partial charge in [-0.15, -0.1) is 11.8 Å². The first-order chi connectivity index (χ1) is 8.43. The standard InChI is InChI=1S/C13H18BrNO2S/c1-13(2,9-16)15-12(17)7-8-18-11-5-3-10(14)4-6-11/h3-6,16H,7-9H2,1-2H3,(H,15,17). The molecule has 0 aliphatic heterocycles. The van der Waals surface area contributed by atoms with E-state index in [2.05, 4.69) is 21.2 Å². The number of carbonyl (C=O) groups is 1. The highest BCUT2D eigenvalue weighted by Gasteiger charge is 2.18. The third-order valence-electron chi connectivity index (χ3n) is 2.28. The molecule has 0 aliphatic carbocycles. The summed E-state index contributed by atoms with van der Waals surface area (Å²) >= 11 is 5.03. The maximum absolute atomic E-state index is 11.6. The van der Waals surface area contributed by atoms with Crippen LogP contribution in [-0.4, -0.2) is 28.9 Å². The number of nitrogens with one attached hydrogen (secondary N) is 1. The first kappa shape index (κ1) is 15.5. The Balaban J connectivity index is 2.29. The van der Waals surface area contributed by atoms with E-state index in [9.17, 15) is 4.79 Å². The lowest BCUT2D eigenvalue weighted by Gasteiger charge is -2.23. The van der Waals surface area contributed by atoms with Gasteiger partial charge in [-0.1, -0.05) is 15.9 Å². The highest BCUT2D eigenvalue weighted by molar-refractivity contribution is 9.10. The Morgan fingerprint density at radius 1 is 1.39 bits per heavy atom. The second kappa shape index (κ2) is 7.16. The minimum Gasteiger partial charge on any atom is -0.394 e. The zero-order valence-corrected chi connectivity index (χ0v) is 13.0. The van der Waals surface area contributed by atoms with Gasteiger partial charge in [-0.25, -0.2) is 0 Å². The summed E-state index contributed by atoms with van der Waals surface area (Å²) in [4.78, 5) is 12.8. The predicted molar refractivity (Wildman–Crippen MR) is 78.8 cm³/mol. The van der Waals surface area contributed by atoms with Gasteiger partial charge in [-0.05, 0) is 38.1 Å². The van der Waals surface area contributed by atoms with Gasteiger partial charge in [-0.2, -0.15) is 0 Å². The number of hydrogen-bond acceptors (Lipinski definition) is 3. The number of rotatable bonds is 6. The first-order valence-corrected chi connectivity index (χ1v) is 7.51. The molecule has 0 unspecified atom stereocenters. The van der Waals surface area contributed by atoms with Crippen LogP contribution < -0.4 is 5.32 Å². The molecule has 1 aromatic carbocycles. The molecule has 0 aromatic heterocycles. The Bertz CT molecular complexity index is 392. The quantitative estimate of drug-likeness (QED) is 0.788. The molecule has 0 bridgehead atoms. The average molecular weight is 332 g/mol. The molecule has 1 amide bonds. The van der Waals surface area contributed by atoms with E-state index in [-0.39, 0.29) is 12.5 Å². The van der Waals surface area contributed by atoms with E-state index < -0.39 is 5.54 Å². The van der Waals surface area contributed by atoms with Gasteiger partial charge in [0.2, 0.25) is 5.91 Å². The number of halogens is 1. The maximum Gasteiger partial charge on any atom is 0.221 e. The van der Waals surface area contributed by atoms with E-state index in [4.69, 9.17) is 5.11 Å². The van der Waals surface area contributed by atoms with Crippen molar-refractivity contribution in [3.05, 3.63) is 28.7 Å². The van der Waals surface area contributed by atoms with Crippen molar-refractivity contribution in [2.75, 3.05) is 12.4 Å². The summed E-state index contributed by atoms with van der Waals surface area (Å²) in [6.07, 6.45) is 0.449. The third-order valence-corrected chi connectivity index (χ3v) is 3.83. The van der Waals surface area contributed by atoms with Gasteiger partial charge in [0.25, 0.3) is 0 Å². The number of amides is 1.